The second-order valence-corrected chi connectivity index (χ2v) is 5.50. The number of amides is 1. The fourth-order valence-electron chi connectivity index (χ4n) is 2.32. The van der Waals surface area contributed by atoms with Gasteiger partial charge in [-0.25, -0.2) is 0 Å². The second kappa shape index (κ2) is 11.2. The van der Waals surface area contributed by atoms with Crippen molar-refractivity contribution in [3.8, 4) is 5.75 Å². The van der Waals surface area contributed by atoms with Gasteiger partial charge in [-0.3, -0.25) is 4.79 Å². The van der Waals surface area contributed by atoms with E-state index in [2.05, 4.69) is 22.8 Å². The third-order valence-corrected chi connectivity index (χ3v) is 3.57. The number of rotatable bonds is 11. The Morgan fingerprint density at radius 3 is 2.56 bits per heavy atom. The van der Waals surface area contributed by atoms with Crippen molar-refractivity contribution >= 4 is 11.6 Å². The molecule has 0 aliphatic rings. The molecule has 0 saturated heterocycles. The Morgan fingerprint density at radius 2 is 1.76 bits per heavy atom. The van der Waals surface area contributed by atoms with Crippen molar-refractivity contribution in [1.29, 1.82) is 0 Å². The Bertz CT molecular complexity index is 632. The largest absolute Gasteiger partial charge is 0.489 e. The fraction of sp³-hybridized carbons (Fsp3) is 0.350. The minimum absolute atomic E-state index is 0.0890. The number of hydrogen-bond acceptors (Lipinski definition) is 4. The molecule has 2 rings (SSSR count). The summed E-state index contributed by atoms with van der Waals surface area (Å²) < 4.78 is 10.9. The minimum atomic E-state index is -0.0890. The van der Waals surface area contributed by atoms with E-state index in [-0.39, 0.29) is 12.5 Å². The van der Waals surface area contributed by atoms with Gasteiger partial charge in [-0.2, -0.15) is 0 Å². The highest BCUT2D eigenvalue weighted by Gasteiger charge is 2.07. The molecule has 0 aliphatic carbocycles. The molecule has 5 heteroatoms. The maximum absolute atomic E-state index is 12.1. The van der Waals surface area contributed by atoms with Crippen molar-refractivity contribution in [1.82, 2.24) is 5.32 Å². The van der Waals surface area contributed by atoms with E-state index >= 15 is 0 Å². The average Bonchev–Trinajstić information content (AvgIpc) is 2.64. The Kier molecular flexibility index (Phi) is 8.52. The summed E-state index contributed by atoms with van der Waals surface area (Å²) >= 11 is 0. The summed E-state index contributed by atoms with van der Waals surface area (Å²) in [5.41, 5.74) is 1.93. The molecule has 0 saturated carbocycles. The molecule has 2 N–H and O–H groups in total. The van der Waals surface area contributed by atoms with Gasteiger partial charge in [-0.15, -0.1) is 0 Å². The molecule has 0 spiro atoms. The quantitative estimate of drug-likeness (QED) is 0.617. The summed E-state index contributed by atoms with van der Waals surface area (Å²) in [5, 5.41) is 6.04. The first-order valence-electron chi connectivity index (χ1n) is 8.63. The van der Waals surface area contributed by atoms with Gasteiger partial charge >= 0.3 is 0 Å². The Hall–Kier alpha value is -2.37. The lowest BCUT2D eigenvalue weighted by molar-refractivity contribution is -0.115. The molecule has 25 heavy (non-hydrogen) atoms. The van der Waals surface area contributed by atoms with Gasteiger partial charge in [0.2, 0.25) is 5.91 Å². The molecule has 0 bridgehead atoms. The highest BCUT2D eigenvalue weighted by Crippen LogP contribution is 2.23. The normalized spacial score (nSPS) is 10.4. The van der Waals surface area contributed by atoms with Gasteiger partial charge in [0.05, 0.1) is 18.8 Å². The summed E-state index contributed by atoms with van der Waals surface area (Å²) in [7, 11) is 0. The van der Waals surface area contributed by atoms with Crippen LogP contribution in [0.15, 0.2) is 54.6 Å². The number of carbonyl (C=O) groups is 1. The molecule has 0 fully saturated rings. The first-order chi connectivity index (χ1) is 12.3. The third-order valence-electron chi connectivity index (χ3n) is 3.57. The van der Waals surface area contributed by atoms with E-state index < -0.39 is 0 Å². The Labute approximate surface area is 149 Å². The second-order valence-electron chi connectivity index (χ2n) is 5.50. The van der Waals surface area contributed by atoms with E-state index in [1.54, 1.807) is 0 Å². The standard InChI is InChI=1S/C20H26N2O3/c1-2-24-14-15-25-19-11-7-6-10-18(19)22-20(23)16-21-13-12-17-8-4-3-5-9-17/h3-11,21H,2,12-16H2,1H3,(H,22,23). The van der Waals surface area contributed by atoms with Crippen LogP contribution in [-0.2, 0) is 16.0 Å². The van der Waals surface area contributed by atoms with Crippen LogP contribution in [0.5, 0.6) is 5.75 Å². The molecule has 0 atom stereocenters. The molecule has 0 unspecified atom stereocenters. The SMILES string of the molecule is CCOCCOc1ccccc1NC(=O)CNCCc1ccccc1. The first-order valence-corrected chi connectivity index (χ1v) is 8.63. The number of para-hydroxylation sites is 2. The molecular weight excluding hydrogens is 316 g/mol. The molecule has 0 heterocycles. The van der Waals surface area contributed by atoms with E-state index in [4.69, 9.17) is 9.47 Å². The smallest absolute Gasteiger partial charge is 0.238 e. The monoisotopic (exact) mass is 342 g/mol. The van der Waals surface area contributed by atoms with Crippen molar-refractivity contribution in [2.24, 2.45) is 0 Å². The minimum Gasteiger partial charge on any atom is -0.489 e. The number of hydrogen-bond donors (Lipinski definition) is 2. The van der Waals surface area contributed by atoms with Crippen LogP contribution in [0.4, 0.5) is 5.69 Å². The summed E-state index contributed by atoms with van der Waals surface area (Å²) in [5.74, 6) is 0.564. The molecule has 0 aromatic heterocycles. The predicted molar refractivity (Wildman–Crippen MR) is 100 cm³/mol. The van der Waals surface area contributed by atoms with Crippen molar-refractivity contribution in [2.75, 3.05) is 38.2 Å². The molecule has 0 aliphatic heterocycles. The van der Waals surface area contributed by atoms with E-state index in [0.717, 1.165) is 13.0 Å². The van der Waals surface area contributed by atoms with Crippen molar-refractivity contribution < 1.29 is 14.3 Å². The zero-order valence-electron chi connectivity index (χ0n) is 14.7. The lowest BCUT2D eigenvalue weighted by Crippen LogP contribution is -2.29. The molecule has 0 radical (unpaired) electrons. The van der Waals surface area contributed by atoms with Crippen molar-refractivity contribution in [3.05, 3.63) is 60.2 Å². The first kappa shape index (κ1) is 19.0. The van der Waals surface area contributed by atoms with Crippen LogP contribution < -0.4 is 15.4 Å². The lowest BCUT2D eigenvalue weighted by atomic mass is 10.1. The van der Waals surface area contributed by atoms with Crippen LogP contribution in [0.3, 0.4) is 0 Å². The molecule has 2 aromatic carbocycles. The van der Waals surface area contributed by atoms with Crippen molar-refractivity contribution in [2.45, 2.75) is 13.3 Å². The summed E-state index contributed by atoms with van der Waals surface area (Å²) in [6.45, 7) is 4.61. The zero-order chi connectivity index (χ0) is 17.7. The van der Waals surface area contributed by atoms with Crippen molar-refractivity contribution in [3.63, 3.8) is 0 Å². The maximum atomic E-state index is 12.1. The molecular formula is C20H26N2O3. The van der Waals surface area contributed by atoms with E-state index in [1.807, 2.05) is 49.4 Å². The third kappa shape index (κ3) is 7.37. The summed E-state index contributed by atoms with van der Waals surface area (Å²) in [4.78, 5) is 12.1. The van der Waals surface area contributed by atoms with E-state index in [0.29, 0.717) is 31.3 Å². The van der Waals surface area contributed by atoms with Gasteiger partial charge in [-0.05, 0) is 37.6 Å². The average molecular weight is 342 g/mol. The van der Waals surface area contributed by atoms with Crippen LogP contribution in [0.25, 0.3) is 0 Å². The van der Waals surface area contributed by atoms with E-state index in [1.165, 1.54) is 5.56 Å². The number of carbonyl (C=O) groups excluding carboxylic acids is 1. The number of ether oxygens (including phenoxy) is 2. The van der Waals surface area contributed by atoms with Crippen LogP contribution in [-0.4, -0.2) is 38.8 Å². The van der Waals surface area contributed by atoms with Gasteiger partial charge in [0.15, 0.2) is 0 Å². The molecule has 134 valence electrons. The number of nitrogens with one attached hydrogen (secondary N) is 2. The van der Waals surface area contributed by atoms with E-state index in [9.17, 15) is 4.79 Å². The number of anilines is 1. The molecule has 2 aromatic rings. The highest BCUT2D eigenvalue weighted by molar-refractivity contribution is 5.93. The topological polar surface area (TPSA) is 59.6 Å². The maximum Gasteiger partial charge on any atom is 0.238 e. The van der Waals surface area contributed by atoms with Gasteiger partial charge in [-0.1, -0.05) is 42.5 Å². The van der Waals surface area contributed by atoms with Crippen LogP contribution in [0.2, 0.25) is 0 Å². The van der Waals surface area contributed by atoms with Crippen LogP contribution in [0, 0.1) is 0 Å². The van der Waals surface area contributed by atoms with Crippen LogP contribution in [0.1, 0.15) is 12.5 Å². The molecule has 5 nitrogen and oxygen atoms in total. The van der Waals surface area contributed by atoms with Gasteiger partial charge in [0.1, 0.15) is 12.4 Å². The van der Waals surface area contributed by atoms with Gasteiger partial charge < -0.3 is 20.1 Å². The fourth-order valence-corrected chi connectivity index (χ4v) is 2.32. The lowest BCUT2D eigenvalue weighted by Gasteiger charge is -2.12. The Balaban J connectivity index is 1.72. The zero-order valence-corrected chi connectivity index (χ0v) is 14.7. The molecule has 1 amide bonds. The number of benzene rings is 2. The predicted octanol–water partition coefficient (Wildman–Crippen LogP) is 2.87. The summed E-state index contributed by atoms with van der Waals surface area (Å²) in [6, 6.07) is 17.6. The highest BCUT2D eigenvalue weighted by atomic mass is 16.5. The van der Waals surface area contributed by atoms with Crippen LogP contribution >= 0.6 is 0 Å². The summed E-state index contributed by atoms with van der Waals surface area (Å²) in [6.07, 6.45) is 0.894. The Morgan fingerprint density at radius 1 is 1.00 bits per heavy atom. The van der Waals surface area contributed by atoms with Gasteiger partial charge in [0, 0.05) is 6.61 Å². The van der Waals surface area contributed by atoms with Gasteiger partial charge in [0.25, 0.3) is 0 Å².